The number of fused-ring (bicyclic) bond motifs is 1. The number of nitrogens with zero attached hydrogens (tertiary/aromatic N) is 4. The highest BCUT2D eigenvalue weighted by Gasteiger charge is 2.30. The molecule has 1 aliphatic carbocycles. The van der Waals surface area contributed by atoms with Crippen molar-refractivity contribution in [2.75, 3.05) is 18.4 Å². The van der Waals surface area contributed by atoms with E-state index in [1.54, 1.807) is 15.4 Å². The van der Waals surface area contributed by atoms with Crippen molar-refractivity contribution in [3.05, 3.63) is 30.6 Å². The van der Waals surface area contributed by atoms with Gasteiger partial charge in [-0.3, -0.25) is 9.48 Å². The Morgan fingerprint density at radius 1 is 1.36 bits per heavy atom. The number of aryl methyl sites for hydroxylation is 1. The molecule has 146 valence electrons. The first-order valence-corrected chi connectivity index (χ1v) is 9.46. The van der Waals surface area contributed by atoms with Crippen LogP contribution >= 0.6 is 0 Å². The summed E-state index contributed by atoms with van der Waals surface area (Å²) in [6, 6.07) is 5.76. The van der Waals surface area contributed by atoms with E-state index < -0.39 is 6.10 Å². The lowest BCUT2D eigenvalue weighted by atomic mass is 10.1. The van der Waals surface area contributed by atoms with E-state index in [4.69, 9.17) is 4.74 Å². The van der Waals surface area contributed by atoms with Gasteiger partial charge in [-0.2, -0.15) is 10.2 Å². The maximum absolute atomic E-state index is 12.0. The highest BCUT2D eigenvalue weighted by molar-refractivity contribution is 5.93. The van der Waals surface area contributed by atoms with Crippen molar-refractivity contribution in [3.63, 3.8) is 0 Å². The smallest absolute Gasteiger partial charge is 0.228 e. The average molecular weight is 382 g/mol. The van der Waals surface area contributed by atoms with Crippen molar-refractivity contribution < 1.29 is 14.6 Å². The fourth-order valence-corrected chi connectivity index (χ4v) is 3.53. The standard InChI is InChI=1S/C19H22N6O3/c1-24-18(16(10-21-24)28-15-9-20-8-14(15)26)12-4-5-25-13(6-12)7-17(23-25)22-19(27)11-2-3-11/h4-7,10-11,14-15,20,26H,2-3,8-9H2,1H3,(H,22,23,27). The first-order valence-electron chi connectivity index (χ1n) is 9.46. The number of hydrogen-bond donors (Lipinski definition) is 3. The molecule has 1 saturated carbocycles. The largest absolute Gasteiger partial charge is 0.482 e. The Bertz CT molecular complexity index is 1040. The summed E-state index contributed by atoms with van der Waals surface area (Å²) in [5.41, 5.74) is 2.60. The molecule has 0 spiro atoms. The van der Waals surface area contributed by atoms with Crippen molar-refractivity contribution >= 4 is 17.2 Å². The molecule has 2 fully saturated rings. The molecule has 3 aromatic rings. The number of carbonyl (C=O) groups is 1. The summed E-state index contributed by atoms with van der Waals surface area (Å²) in [7, 11) is 1.85. The van der Waals surface area contributed by atoms with Gasteiger partial charge in [-0.05, 0) is 25.0 Å². The van der Waals surface area contributed by atoms with Crippen LogP contribution in [-0.2, 0) is 11.8 Å². The van der Waals surface area contributed by atoms with Gasteiger partial charge in [0.1, 0.15) is 17.9 Å². The lowest BCUT2D eigenvalue weighted by Crippen LogP contribution is -2.29. The third-order valence-corrected chi connectivity index (χ3v) is 5.25. The SMILES string of the molecule is Cn1ncc(OC2CNCC2O)c1-c1ccn2nc(NC(=O)C3CC3)cc2c1. The van der Waals surface area contributed by atoms with Gasteiger partial charge in [-0.25, -0.2) is 4.52 Å². The molecule has 0 radical (unpaired) electrons. The predicted molar refractivity (Wildman–Crippen MR) is 102 cm³/mol. The molecule has 28 heavy (non-hydrogen) atoms. The summed E-state index contributed by atoms with van der Waals surface area (Å²) in [4.78, 5) is 12.0. The summed E-state index contributed by atoms with van der Waals surface area (Å²) in [5.74, 6) is 1.35. The highest BCUT2D eigenvalue weighted by atomic mass is 16.5. The van der Waals surface area contributed by atoms with Crippen LogP contribution in [0.3, 0.4) is 0 Å². The second kappa shape index (κ2) is 6.61. The van der Waals surface area contributed by atoms with E-state index in [0.717, 1.165) is 29.6 Å². The van der Waals surface area contributed by atoms with Crippen molar-refractivity contribution in [1.29, 1.82) is 0 Å². The van der Waals surface area contributed by atoms with Crippen molar-refractivity contribution in [2.45, 2.75) is 25.0 Å². The number of anilines is 1. The van der Waals surface area contributed by atoms with Crippen LogP contribution in [0.15, 0.2) is 30.6 Å². The van der Waals surface area contributed by atoms with Gasteiger partial charge in [0.2, 0.25) is 5.91 Å². The third kappa shape index (κ3) is 3.12. The molecule has 2 aliphatic rings. The summed E-state index contributed by atoms with van der Waals surface area (Å²) in [6.07, 6.45) is 4.59. The van der Waals surface area contributed by atoms with Crippen LogP contribution in [-0.4, -0.2) is 55.7 Å². The topological polar surface area (TPSA) is 106 Å². The number of aliphatic hydroxyl groups excluding tert-OH is 1. The number of aromatic nitrogens is 4. The molecule has 9 nitrogen and oxygen atoms in total. The lowest BCUT2D eigenvalue weighted by molar-refractivity contribution is -0.117. The van der Waals surface area contributed by atoms with Crippen LogP contribution in [0.5, 0.6) is 5.75 Å². The van der Waals surface area contributed by atoms with Gasteiger partial charge < -0.3 is 20.5 Å². The Morgan fingerprint density at radius 3 is 2.96 bits per heavy atom. The van der Waals surface area contributed by atoms with Crippen molar-refractivity contribution in [3.8, 4) is 17.0 Å². The van der Waals surface area contributed by atoms with Gasteiger partial charge in [0.25, 0.3) is 0 Å². The molecule has 2 atom stereocenters. The summed E-state index contributed by atoms with van der Waals surface area (Å²) >= 11 is 0. The molecule has 9 heteroatoms. The van der Waals surface area contributed by atoms with E-state index in [9.17, 15) is 9.90 Å². The third-order valence-electron chi connectivity index (χ3n) is 5.25. The molecule has 3 aromatic heterocycles. The molecule has 1 amide bonds. The Kier molecular flexibility index (Phi) is 4.06. The zero-order valence-corrected chi connectivity index (χ0v) is 15.5. The second-order valence-electron chi connectivity index (χ2n) is 7.44. The zero-order valence-electron chi connectivity index (χ0n) is 15.5. The number of pyridine rings is 1. The average Bonchev–Trinajstić information content (AvgIpc) is 3.20. The Labute approximate surface area is 161 Å². The highest BCUT2D eigenvalue weighted by Crippen LogP contribution is 2.32. The van der Waals surface area contributed by atoms with Crippen LogP contribution in [0.2, 0.25) is 0 Å². The molecule has 0 aromatic carbocycles. The van der Waals surface area contributed by atoms with E-state index in [0.29, 0.717) is 24.7 Å². The quantitative estimate of drug-likeness (QED) is 0.603. The summed E-state index contributed by atoms with van der Waals surface area (Å²) < 4.78 is 9.50. The Balaban J connectivity index is 1.44. The minimum Gasteiger partial charge on any atom is -0.482 e. The number of nitrogens with one attached hydrogen (secondary N) is 2. The number of aliphatic hydroxyl groups is 1. The second-order valence-corrected chi connectivity index (χ2v) is 7.44. The molecule has 5 rings (SSSR count). The number of amides is 1. The van der Waals surface area contributed by atoms with Crippen molar-refractivity contribution in [2.24, 2.45) is 13.0 Å². The fraction of sp³-hybridized carbons (Fsp3) is 0.421. The first-order chi connectivity index (χ1) is 13.6. The van der Waals surface area contributed by atoms with E-state index >= 15 is 0 Å². The van der Waals surface area contributed by atoms with Crippen molar-refractivity contribution in [1.82, 2.24) is 24.7 Å². The number of ether oxygens (including phenoxy) is 1. The molecular weight excluding hydrogens is 360 g/mol. The molecule has 2 unspecified atom stereocenters. The van der Waals surface area contributed by atoms with E-state index in [1.165, 1.54) is 0 Å². The number of hydrogen-bond acceptors (Lipinski definition) is 6. The maximum Gasteiger partial charge on any atom is 0.228 e. The van der Waals surface area contributed by atoms with Gasteiger partial charge in [-0.1, -0.05) is 0 Å². The normalized spacial score (nSPS) is 21.9. The van der Waals surface area contributed by atoms with E-state index in [2.05, 4.69) is 20.8 Å². The predicted octanol–water partition coefficient (Wildman–Crippen LogP) is 0.795. The fourth-order valence-electron chi connectivity index (χ4n) is 3.53. The number of rotatable bonds is 5. The molecule has 4 heterocycles. The van der Waals surface area contributed by atoms with Gasteiger partial charge in [0.05, 0.1) is 11.7 Å². The van der Waals surface area contributed by atoms with Gasteiger partial charge in [0, 0.05) is 43.9 Å². The van der Waals surface area contributed by atoms with Crippen LogP contribution in [0, 0.1) is 5.92 Å². The number of carbonyl (C=O) groups excluding carboxylic acids is 1. The summed E-state index contributed by atoms with van der Waals surface area (Å²) in [6.45, 7) is 1.12. The van der Waals surface area contributed by atoms with Crippen LogP contribution < -0.4 is 15.4 Å². The minimum absolute atomic E-state index is 0.0367. The van der Waals surface area contributed by atoms with Crippen LogP contribution in [0.4, 0.5) is 5.82 Å². The van der Waals surface area contributed by atoms with Gasteiger partial charge in [0.15, 0.2) is 11.6 Å². The van der Waals surface area contributed by atoms with Gasteiger partial charge in [-0.15, -0.1) is 0 Å². The van der Waals surface area contributed by atoms with Gasteiger partial charge >= 0.3 is 0 Å². The molecule has 1 aliphatic heterocycles. The van der Waals surface area contributed by atoms with Crippen LogP contribution in [0.25, 0.3) is 16.8 Å². The molecular formula is C19H22N6O3. The number of β-amino-alcohol motifs (C(OH)–C–C–N with tert-alkyl or cyclic N) is 1. The molecule has 1 saturated heterocycles. The van der Waals surface area contributed by atoms with Crippen LogP contribution in [0.1, 0.15) is 12.8 Å². The molecule has 0 bridgehead atoms. The summed E-state index contributed by atoms with van der Waals surface area (Å²) in [5, 5.41) is 24.7. The monoisotopic (exact) mass is 382 g/mol. The van der Waals surface area contributed by atoms with E-state index in [-0.39, 0.29) is 17.9 Å². The zero-order chi connectivity index (χ0) is 19.3. The Hall–Kier alpha value is -2.91. The maximum atomic E-state index is 12.0. The van der Waals surface area contributed by atoms with E-state index in [1.807, 2.05) is 31.4 Å². The Morgan fingerprint density at radius 2 is 2.21 bits per heavy atom. The minimum atomic E-state index is -0.539. The first kappa shape index (κ1) is 17.2. The lowest BCUT2D eigenvalue weighted by Gasteiger charge is -2.16. The molecule has 3 N–H and O–H groups in total.